The van der Waals surface area contributed by atoms with E-state index >= 15 is 0 Å². The summed E-state index contributed by atoms with van der Waals surface area (Å²) < 4.78 is 56.8. The van der Waals surface area contributed by atoms with Crippen LogP contribution in [0.5, 0.6) is 0 Å². The summed E-state index contributed by atoms with van der Waals surface area (Å²) in [5.74, 6) is -1.09. The van der Waals surface area contributed by atoms with Gasteiger partial charge < -0.3 is 47.4 Å². The fraction of sp³-hybridized carbons (Fsp3) is 0.525. The number of carbonyl (C=O) groups excluding carboxylic acids is 1. The van der Waals surface area contributed by atoms with Gasteiger partial charge in [-0.15, -0.1) is 0 Å². The third kappa shape index (κ3) is 7.14. The molecule has 7 rings (SSSR count). The molecule has 0 aromatic heterocycles. The Balaban J connectivity index is 1.40. The van der Waals surface area contributed by atoms with E-state index in [0.717, 1.165) is 15.9 Å². The molecule has 0 saturated carbocycles. The van der Waals surface area contributed by atoms with E-state index in [1.54, 1.807) is 7.11 Å². The van der Waals surface area contributed by atoms with Crippen molar-refractivity contribution in [3.8, 4) is 0 Å². The molecule has 1 N–H and O–H groups in total. The summed E-state index contributed by atoms with van der Waals surface area (Å²) in [5.41, 5.74) is -0.871. The lowest BCUT2D eigenvalue weighted by atomic mass is 9.84. The zero-order valence-electron chi connectivity index (χ0n) is 31.0. The van der Waals surface area contributed by atoms with Gasteiger partial charge >= 0.3 is 5.97 Å². The molecule has 2 bridgehead atoms. The second-order valence-electron chi connectivity index (χ2n) is 14.8. The monoisotopic (exact) mass is 736 g/mol. The molecule has 282 valence electrons. The first-order chi connectivity index (χ1) is 25.0. The van der Waals surface area contributed by atoms with Crippen LogP contribution in [-0.4, -0.2) is 109 Å². The maximum Gasteiger partial charge on any atom is 0.343 e. The average Bonchev–Trinajstić information content (AvgIpc) is 3.16. The Morgan fingerprint density at radius 2 is 1.44 bits per heavy atom. The standard InChI is InChI=1S/C40H52O11Si/c1-26-31(46-23-27-17-11-8-12-18-27)32(50-37-34-33(43-5)35(41)40(51-37,25-47-34)38(42)45-7)30(49-36(26)44-6)24-48-52(39(2,3)4,28-19-13-9-14-20-28)29-21-15-10-16-22-29/h8-22,26,30-37,41H,23-25H2,1-7H3/t26?,30?,31-,32+,33-,34?,35-,36-,37+,40?/m1/s1. The number of hydrogen-bond acceptors (Lipinski definition) is 11. The molecule has 4 saturated heterocycles. The second-order valence-corrected chi connectivity index (χ2v) is 19.1. The Labute approximate surface area is 307 Å². The van der Waals surface area contributed by atoms with Crippen molar-refractivity contribution >= 4 is 24.7 Å². The van der Waals surface area contributed by atoms with E-state index in [1.807, 2.05) is 73.7 Å². The molecule has 4 fully saturated rings. The smallest absolute Gasteiger partial charge is 0.343 e. The van der Waals surface area contributed by atoms with Crippen molar-refractivity contribution in [1.29, 1.82) is 0 Å². The maximum atomic E-state index is 13.2. The van der Waals surface area contributed by atoms with Gasteiger partial charge in [0.2, 0.25) is 5.60 Å². The summed E-state index contributed by atoms with van der Waals surface area (Å²) in [4.78, 5) is 13.2. The predicted molar refractivity (Wildman–Crippen MR) is 194 cm³/mol. The lowest BCUT2D eigenvalue weighted by molar-refractivity contribution is -0.407. The van der Waals surface area contributed by atoms with E-state index in [1.165, 1.54) is 14.2 Å². The molecule has 0 radical (unpaired) electrons. The Bertz CT molecular complexity index is 1550. The van der Waals surface area contributed by atoms with Crippen molar-refractivity contribution in [2.45, 2.75) is 94.1 Å². The van der Waals surface area contributed by atoms with Gasteiger partial charge in [0.1, 0.15) is 30.5 Å². The fourth-order valence-electron chi connectivity index (χ4n) is 7.97. The summed E-state index contributed by atoms with van der Waals surface area (Å²) in [6.07, 6.45) is -7.07. The molecule has 12 heteroatoms. The van der Waals surface area contributed by atoms with Gasteiger partial charge in [-0.3, -0.25) is 0 Å². The van der Waals surface area contributed by atoms with Gasteiger partial charge in [0.15, 0.2) is 12.6 Å². The molecule has 3 aromatic rings. The first-order valence-electron chi connectivity index (χ1n) is 17.8. The van der Waals surface area contributed by atoms with Crippen LogP contribution < -0.4 is 10.4 Å². The van der Waals surface area contributed by atoms with Crippen LogP contribution in [0.4, 0.5) is 0 Å². The highest BCUT2D eigenvalue weighted by atomic mass is 28.4. The summed E-state index contributed by atoms with van der Waals surface area (Å²) in [6.45, 7) is 8.83. The van der Waals surface area contributed by atoms with Gasteiger partial charge in [-0.1, -0.05) is 119 Å². The first kappa shape index (κ1) is 38.7. The first-order valence-corrected chi connectivity index (χ1v) is 19.7. The van der Waals surface area contributed by atoms with Gasteiger partial charge in [-0.25, -0.2) is 4.79 Å². The number of fused-ring (bicyclic) bond motifs is 3. The third-order valence-electron chi connectivity index (χ3n) is 10.6. The Morgan fingerprint density at radius 1 is 0.846 bits per heavy atom. The summed E-state index contributed by atoms with van der Waals surface area (Å²) in [7, 11) is 1.27. The highest BCUT2D eigenvalue weighted by Gasteiger charge is 2.66. The van der Waals surface area contributed by atoms with E-state index in [4.69, 9.17) is 42.3 Å². The van der Waals surface area contributed by atoms with Crippen molar-refractivity contribution < 1.29 is 52.2 Å². The summed E-state index contributed by atoms with van der Waals surface area (Å²) in [5, 5.41) is 13.2. The molecule has 52 heavy (non-hydrogen) atoms. The van der Waals surface area contributed by atoms with E-state index in [2.05, 4.69) is 45.0 Å². The molecule has 4 aliphatic rings. The van der Waals surface area contributed by atoms with E-state index < -0.39 is 69.1 Å². The van der Waals surface area contributed by atoms with Crippen molar-refractivity contribution in [2.24, 2.45) is 5.92 Å². The van der Waals surface area contributed by atoms with Crippen molar-refractivity contribution in [3.63, 3.8) is 0 Å². The minimum Gasteiger partial charge on any atom is -0.467 e. The number of aliphatic hydroxyl groups is 1. The van der Waals surface area contributed by atoms with E-state index in [9.17, 15) is 9.90 Å². The number of aliphatic hydroxyl groups excluding tert-OH is 1. The van der Waals surface area contributed by atoms with Gasteiger partial charge in [-0.2, -0.15) is 0 Å². The highest BCUT2D eigenvalue weighted by molar-refractivity contribution is 6.99. The van der Waals surface area contributed by atoms with Crippen LogP contribution in [0.1, 0.15) is 33.3 Å². The molecule has 3 aromatic carbocycles. The molecule has 0 amide bonds. The Hall–Kier alpha value is -3.01. The number of benzene rings is 3. The quantitative estimate of drug-likeness (QED) is 0.205. The van der Waals surface area contributed by atoms with Crippen molar-refractivity contribution in [3.05, 3.63) is 96.6 Å². The SMILES string of the molecule is COC(=O)C12COC([C@@H](O[C@H]3C(CO[Si](c4ccccc4)(c4ccccc4)C(C)(C)C)O[C@@H](OC)C(C)[C@H]3OCc3ccccc3)O1)[C@@H](OC)[C@H]2O. The van der Waals surface area contributed by atoms with Crippen LogP contribution >= 0.6 is 0 Å². The largest absolute Gasteiger partial charge is 0.467 e. The summed E-state index contributed by atoms with van der Waals surface area (Å²) in [6, 6.07) is 30.6. The Morgan fingerprint density at radius 3 is 1.98 bits per heavy atom. The minimum absolute atomic E-state index is 0.118. The second kappa shape index (κ2) is 16.2. The van der Waals surface area contributed by atoms with Crippen LogP contribution in [-0.2, 0) is 53.7 Å². The molecular weight excluding hydrogens is 685 g/mol. The third-order valence-corrected chi connectivity index (χ3v) is 15.6. The molecular formula is C40H52O11Si. The summed E-state index contributed by atoms with van der Waals surface area (Å²) >= 11 is 0. The number of hydrogen-bond donors (Lipinski definition) is 1. The van der Waals surface area contributed by atoms with Crippen molar-refractivity contribution in [1.82, 2.24) is 0 Å². The minimum atomic E-state index is -3.02. The van der Waals surface area contributed by atoms with Crippen LogP contribution in [0.2, 0.25) is 5.04 Å². The van der Waals surface area contributed by atoms with Crippen molar-refractivity contribution in [2.75, 3.05) is 34.5 Å². The number of ether oxygens (including phenoxy) is 8. The van der Waals surface area contributed by atoms with Crippen LogP contribution in [0.25, 0.3) is 0 Å². The molecule has 0 spiro atoms. The molecule has 0 aliphatic carbocycles. The fourth-order valence-corrected chi connectivity index (χ4v) is 12.5. The molecule has 11 nitrogen and oxygen atoms in total. The number of esters is 1. The van der Waals surface area contributed by atoms with Crippen LogP contribution in [0.15, 0.2) is 91.0 Å². The lowest BCUT2D eigenvalue weighted by Crippen LogP contribution is -2.76. The number of methoxy groups -OCH3 is 3. The van der Waals surface area contributed by atoms with Gasteiger partial charge in [-0.05, 0) is 21.0 Å². The van der Waals surface area contributed by atoms with E-state index in [-0.39, 0.29) is 24.2 Å². The maximum absolute atomic E-state index is 13.2. The zero-order valence-corrected chi connectivity index (χ0v) is 32.0. The average molecular weight is 737 g/mol. The van der Waals surface area contributed by atoms with Crippen LogP contribution in [0, 0.1) is 5.92 Å². The highest BCUT2D eigenvalue weighted by Crippen LogP contribution is 2.43. The zero-order chi connectivity index (χ0) is 37.1. The van der Waals surface area contributed by atoms with Gasteiger partial charge in [0.25, 0.3) is 8.32 Å². The van der Waals surface area contributed by atoms with Gasteiger partial charge in [0, 0.05) is 20.1 Å². The van der Waals surface area contributed by atoms with E-state index in [0.29, 0.717) is 6.61 Å². The molecule has 4 heterocycles. The number of rotatable bonds is 13. The normalized spacial score (nSPS) is 32.0. The van der Waals surface area contributed by atoms with Gasteiger partial charge in [0.05, 0.1) is 33.0 Å². The Kier molecular flexibility index (Phi) is 12.0. The van der Waals surface area contributed by atoms with Crippen LogP contribution in [0.3, 0.4) is 0 Å². The predicted octanol–water partition coefficient (Wildman–Crippen LogP) is 3.58. The topological polar surface area (TPSA) is 120 Å². The molecule has 10 atom stereocenters. The lowest BCUT2D eigenvalue weighted by Gasteiger charge is -2.55. The molecule has 4 aliphatic heterocycles. The molecule has 4 unspecified atom stereocenters. The number of carbonyl (C=O) groups is 1.